The van der Waals surface area contributed by atoms with Gasteiger partial charge >= 0.3 is 0 Å². The van der Waals surface area contributed by atoms with Gasteiger partial charge in [-0.3, -0.25) is 4.79 Å². The zero-order chi connectivity index (χ0) is 11.1. The Morgan fingerprint density at radius 2 is 2.07 bits per heavy atom. The average Bonchev–Trinajstić information content (AvgIpc) is 2.27. The molecular formula is C11H14N2O2. The van der Waals surface area contributed by atoms with E-state index in [-0.39, 0.29) is 12.3 Å². The van der Waals surface area contributed by atoms with Crippen molar-refractivity contribution in [2.75, 3.05) is 0 Å². The lowest BCUT2D eigenvalue weighted by molar-refractivity contribution is -0.124. The van der Waals surface area contributed by atoms with Gasteiger partial charge < -0.3 is 15.8 Å². The first-order chi connectivity index (χ1) is 7.24. The fraction of sp³-hybridized carbons (Fsp3) is 0.273. The van der Waals surface area contributed by atoms with E-state index in [2.05, 4.69) is 5.32 Å². The van der Waals surface area contributed by atoms with Gasteiger partial charge in [-0.05, 0) is 5.56 Å². The van der Waals surface area contributed by atoms with Gasteiger partial charge in [-0.15, -0.1) is 0 Å². The highest BCUT2D eigenvalue weighted by Crippen LogP contribution is 1.97. The topological polar surface area (TPSA) is 72.2 Å². The molecule has 0 aliphatic heterocycles. The predicted molar refractivity (Wildman–Crippen MR) is 56.9 cm³/mol. The Morgan fingerprint density at radius 3 is 2.67 bits per heavy atom. The normalized spacial score (nSPS) is 11.8. The molecule has 4 nitrogen and oxygen atoms in total. The molecule has 80 valence electrons. The second-order valence-corrected chi connectivity index (χ2v) is 3.21. The molecule has 0 aliphatic carbocycles. The Kier molecular flexibility index (Phi) is 4.50. The second-order valence-electron chi connectivity index (χ2n) is 3.21. The van der Waals surface area contributed by atoms with Crippen molar-refractivity contribution in [1.82, 2.24) is 5.32 Å². The van der Waals surface area contributed by atoms with Crippen LogP contribution < -0.4 is 11.1 Å². The number of aldehydes is 1. The molecule has 1 unspecified atom stereocenters. The molecule has 0 radical (unpaired) electrons. The summed E-state index contributed by atoms with van der Waals surface area (Å²) in [5, 5.41) is 2.66. The summed E-state index contributed by atoms with van der Waals surface area (Å²) in [5.74, 6) is -0.300. The Bertz CT molecular complexity index is 325. The maximum absolute atomic E-state index is 11.3. The van der Waals surface area contributed by atoms with Crippen LogP contribution in [0.25, 0.3) is 0 Å². The van der Waals surface area contributed by atoms with Crippen LogP contribution in [0, 0.1) is 0 Å². The molecule has 1 atom stereocenters. The number of rotatable bonds is 5. The molecule has 3 N–H and O–H groups in total. The van der Waals surface area contributed by atoms with Gasteiger partial charge in [0.25, 0.3) is 0 Å². The van der Waals surface area contributed by atoms with Gasteiger partial charge in [-0.2, -0.15) is 0 Å². The minimum absolute atomic E-state index is 0.0562. The Morgan fingerprint density at radius 1 is 1.40 bits per heavy atom. The third-order valence-corrected chi connectivity index (χ3v) is 2.00. The van der Waals surface area contributed by atoms with Crippen LogP contribution in [0.3, 0.4) is 0 Å². The number of carbonyl (C=O) groups excluding carboxylic acids is 2. The number of amides is 1. The van der Waals surface area contributed by atoms with Gasteiger partial charge in [-0.1, -0.05) is 30.3 Å². The van der Waals surface area contributed by atoms with E-state index in [9.17, 15) is 9.59 Å². The van der Waals surface area contributed by atoms with Crippen molar-refractivity contribution in [3.05, 3.63) is 35.9 Å². The fourth-order valence-electron chi connectivity index (χ4n) is 1.13. The molecule has 0 spiro atoms. The van der Waals surface area contributed by atoms with Crippen LogP contribution in [0.1, 0.15) is 12.0 Å². The van der Waals surface area contributed by atoms with E-state index >= 15 is 0 Å². The van der Waals surface area contributed by atoms with E-state index in [1.807, 2.05) is 30.3 Å². The quantitative estimate of drug-likeness (QED) is 0.677. The lowest BCUT2D eigenvalue weighted by Gasteiger charge is -2.09. The Labute approximate surface area is 88.5 Å². The Balaban J connectivity index is 2.37. The molecule has 0 aliphatic rings. The van der Waals surface area contributed by atoms with Gasteiger partial charge in [0, 0.05) is 13.0 Å². The van der Waals surface area contributed by atoms with Crippen molar-refractivity contribution in [3.8, 4) is 0 Å². The van der Waals surface area contributed by atoms with E-state index in [0.717, 1.165) is 5.56 Å². The molecule has 1 aromatic carbocycles. The number of benzene rings is 1. The van der Waals surface area contributed by atoms with Crippen LogP contribution in [-0.2, 0) is 16.1 Å². The summed E-state index contributed by atoms with van der Waals surface area (Å²) in [6.45, 7) is 0.437. The first-order valence-electron chi connectivity index (χ1n) is 4.75. The molecular weight excluding hydrogens is 192 g/mol. The molecule has 0 heterocycles. The number of nitrogens with one attached hydrogen (secondary N) is 1. The average molecular weight is 206 g/mol. The summed E-state index contributed by atoms with van der Waals surface area (Å²) in [4.78, 5) is 21.4. The van der Waals surface area contributed by atoms with Crippen LogP contribution >= 0.6 is 0 Å². The van der Waals surface area contributed by atoms with Crippen molar-refractivity contribution in [2.45, 2.75) is 19.0 Å². The first-order valence-corrected chi connectivity index (χ1v) is 4.75. The van der Waals surface area contributed by atoms with Crippen molar-refractivity contribution >= 4 is 12.2 Å². The van der Waals surface area contributed by atoms with Gasteiger partial charge in [0.1, 0.15) is 6.29 Å². The lowest BCUT2D eigenvalue weighted by atomic mass is 10.2. The Hall–Kier alpha value is -1.68. The standard InChI is InChI=1S/C11H14N2O2/c12-10(6-7-14)11(15)13-8-9-4-2-1-3-5-9/h1-5,7,10H,6,8,12H2,(H,13,15). The molecule has 1 aromatic rings. The number of nitrogens with two attached hydrogens (primary N) is 1. The van der Waals surface area contributed by atoms with Crippen molar-refractivity contribution in [1.29, 1.82) is 0 Å². The van der Waals surface area contributed by atoms with Crippen LogP contribution in [0.15, 0.2) is 30.3 Å². The van der Waals surface area contributed by atoms with Crippen molar-refractivity contribution in [2.24, 2.45) is 5.73 Å². The van der Waals surface area contributed by atoms with Crippen LogP contribution in [-0.4, -0.2) is 18.2 Å². The maximum Gasteiger partial charge on any atom is 0.237 e. The van der Waals surface area contributed by atoms with Gasteiger partial charge in [0.15, 0.2) is 0 Å². The minimum Gasteiger partial charge on any atom is -0.351 e. The van der Waals surface area contributed by atoms with Gasteiger partial charge in [0.2, 0.25) is 5.91 Å². The summed E-state index contributed by atoms with van der Waals surface area (Å²) >= 11 is 0. The molecule has 1 amide bonds. The van der Waals surface area contributed by atoms with Gasteiger partial charge in [0.05, 0.1) is 6.04 Å². The largest absolute Gasteiger partial charge is 0.351 e. The summed E-state index contributed by atoms with van der Waals surface area (Å²) in [7, 11) is 0. The minimum atomic E-state index is -0.744. The van der Waals surface area contributed by atoms with E-state index in [4.69, 9.17) is 5.73 Å². The molecule has 1 rings (SSSR count). The van der Waals surface area contributed by atoms with Crippen LogP contribution in [0.5, 0.6) is 0 Å². The van der Waals surface area contributed by atoms with E-state index in [1.165, 1.54) is 0 Å². The molecule has 0 aromatic heterocycles. The molecule has 0 saturated carbocycles. The highest BCUT2D eigenvalue weighted by Gasteiger charge is 2.11. The van der Waals surface area contributed by atoms with E-state index < -0.39 is 6.04 Å². The third kappa shape index (κ3) is 3.91. The summed E-state index contributed by atoms with van der Waals surface area (Å²) < 4.78 is 0. The smallest absolute Gasteiger partial charge is 0.237 e. The number of hydrogen-bond acceptors (Lipinski definition) is 3. The molecule has 0 bridgehead atoms. The fourth-order valence-corrected chi connectivity index (χ4v) is 1.13. The third-order valence-electron chi connectivity index (χ3n) is 2.00. The molecule has 4 heteroatoms. The molecule has 0 saturated heterocycles. The molecule has 0 fully saturated rings. The van der Waals surface area contributed by atoms with Crippen molar-refractivity contribution in [3.63, 3.8) is 0 Å². The zero-order valence-corrected chi connectivity index (χ0v) is 8.35. The van der Waals surface area contributed by atoms with Crippen molar-refractivity contribution < 1.29 is 9.59 Å². The zero-order valence-electron chi connectivity index (χ0n) is 8.35. The SMILES string of the molecule is NC(CC=O)C(=O)NCc1ccccc1. The number of carbonyl (C=O) groups is 2. The summed E-state index contributed by atoms with van der Waals surface area (Å²) in [6, 6.07) is 8.77. The monoisotopic (exact) mass is 206 g/mol. The van der Waals surface area contributed by atoms with E-state index in [1.54, 1.807) is 0 Å². The van der Waals surface area contributed by atoms with Crippen LogP contribution in [0.2, 0.25) is 0 Å². The predicted octanol–water partition coefficient (Wildman–Crippen LogP) is 0.219. The highest BCUT2D eigenvalue weighted by atomic mass is 16.2. The summed E-state index contributed by atoms with van der Waals surface area (Å²) in [6.07, 6.45) is 0.702. The highest BCUT2D eigenvalue weighted by molar-refractivity contribution is 5.83. The first kappa shape index (κ1) is 11.4. The summed E-state index contributed by atoms with van der Waals surface area (Å²) in [5.41, 5.74) is 6.45. The van der Waals surface area contributed by atoms with E-state index in [0.29, 0.717) is 12.8 Å². The number of hydrogen-bond donors (Lipinski definition) is 2. The van der Waals surface area contributed by atoms with Gasteiger partial charge in [-0.25, -0.2) is 0 Å². The molecule has 15 heavy (non-hydrogen) atoms. The second kappa shape index (κ2) is 5.93. The maximum atomic E-state index is 11.3. The lowest BCUT2D eigenvalue weighted by Crippen LogP contribution is -2.40. The van der Waals surface area contributed by atoms with Crippen LogP contribution in [0.4, 0.5) is 0 Å².